The summed E-state index contributed by atoms with van der Waals surface area (Å²) in [5.74, 6) is 0.869. The number of hydrogen-bond donors (Lipinski definition) is 2. The Balaban J connectivity index is 1.61. The zero-order valence-electron chi connectivity index (χ0n) is 14.7. The molecule has 3 aromatic rings. The summed E-state index contributed by atoms with van der Waals surface area (Å²) < 4.78 is 10.6. The van der Waals surface area contributed by atoms with Crippen LogP contribution in [0, 0.1) is 6.92 Å². The van der Waals surface area contributed by atoms with Gasteiger partial charge < -0.3 is 19.8 Å². The monoisotopic (exact) mass is 368 g/mol. The molecule has 1 aromatic heterocycles. The Morgan fingerprint density at radius 1 is 1.19 bits per heavy atom. The van der Waals surface area contributed by atoms with Gasteiger partial charge in [0.05, 0.1) is 7.11 Å². The van der Waals surface area contributed by atoms with E-state index in [0.29, 0.717) is 17.2 Å². The largest absolute Gasteiger partial charge is 0.496 e. The normalized spacial score (nSPS) is 10.5. The fraction of sp³-hybridized carbons (Fsp3) is 0.200. The molecule has 3 rings (SSSR count). The summed E-state index contributed by atoms with van der Waals surface area (Å²) in [5, 5.41) is 7.71. The first-order valence-corrected chi connectivity index (χ1v) is 8.69. The van der Waals surface area contributed by atoms with Crippen LogP contribution in [0.1, 0.15) is 11.1 Å². The number of rotatable bonds is 5. The van der Waals surface area contributed by atoms with Crippen LogP contribution in [0.5, 0.6) is 5.75 Å². The number of aryl methyl sites for hydroxylation is 1. The van der Waals surface area contributed by atoms with Gasteiger partial charge in [-0.15, -0.1) is 0 Å². The van der Waals surface area contributed by atoms with Gasteiger partial charge in [0, 0.05) is 29.8 Å². The second kappa shape index (κ2) is 8.01. The van der Waals surface area contributed by atoms with Crippen molar-refractivity contribution in [2.75, 3.05) is 19.0 Å². The van der Waals surface area contributed by atoms with E-state index in [0.717, 1.165) is 34.4 Å². The molecule has 0 aliphatic carbocycles. The first-order valence-electron chi connectivity index (χ1n) is 8.28. The van der Waals surface area contributed by atoms with E-state index < -0.39 is 0 Å². The molecule has 26 heavy (non-hydrogen) atoms. The Kier molecular flexibility index (Phi) is 5.53. The van der Waals surface area contributed by atoms with Gasteiger partial charge in [0.2, 0.25) is 0 Å². The maximum atomic E-state index is 11.5. The molecule has 0 spiro atoms. The van der Waals surface area contributed by atoms with E-state index in [4.69, 9.17) is 21.4 Å². The molecule has 0 atom stereocenters. The number of anilines is 1. The molecule has 0 bridgehead atoms. The molecule has 134 valence electrons. The predicted octanol–water partition coefficient (Wildman–Crippen LogP) is 3.64. The molecular weight excluding hydrogens is 348 g/mol. The molecule has 1 heterocycles. The minimum Gasteiger partial charge on any atom is -0.496 e. The van der Waals surface area contributed by atoms with Crippen molar-refractivity contribution < 1.29 is 9.15 Å². The third kappa shape index (κ3) is 4.21. The minimum atomic E-state index is -0.357. The van der Waals surface area contributed by atoms with Crippen LogP contribution in [0.4, 0.5) is 5.69 Å². The number of hydrogen-bond acceptors (Lipinski definition) is 4. The molecule has 0 aliphatic heterocycles. The van der Waals surface area contributed by atoms with Crippen molar-refractivity contribution in [1.29, 1.82) is 0 Å². The van der Waals surface area contributed by atoms with Gasteiger partial charge in [0.1, 0.15) is 11.3 Å². The minimum absolute atomic E-state index is 0.357. The van der Waals surface area contributed by atoms with Crippen LogP contribution >= 0.6 is 12.2 Å². The second-order valence-corrected chi connectivity index (χ2v) is 6.31. The van der Waals surface area contributed by atoms with Crippen molar-refractivity contribution in [3.05, 3.63) is 70.1 Å². The lowest BCUT2D eigenvalue weighted by atomic mass is 10.1. The van der Waals surface area contributed by atoms with E-state index >= 15 is 0 Å². The number of para-hydroxylation sites is 1. The van der Waals surface area contributed by atoms with E-state index in [-0.39, 0.29) is 5.63 Å². The Hall–Kier alpha value is -2.86. The summed E-state index contributed by atoms with van der Waals surface area (Å²) in [6.45, 7) is 2.56. The standard InChI is InChI=1S/C20H20N2O3S/c1-13-11-19(23)25-18-12-15(7-8-16(13)18)22-20(26)21-10-9-14-5-3-4-6-17(14)24-2/h3-8,11-12H,9-10H2,1-2H3,(H2,21,22,26). The first-order chi connectivity index (χ1) is 12.6. The van der Waals surface area contributed by atoms with E-state index in [9.17, 15) is 4.79 Å². The van der Waals surface area contributed by atoms with Crippen LogP contribution in [-0.4, -0.2) is 18.8 Å². The summed E-state index contributed by atoms with van der Waals surface area (Å²) in [4.78, 5) is 11.5. The third-order valence-electron chi connectivity index (χ3n) is 4.08. The number of methoxy groups -OCH3 is 1. The van der Waals surface area contributed by atoms with Crippen LogP contribution in [0.3, 0.4) is 0 Å². The summed E-state index contributed by atoms with van der Waals surface area (Å²) >= 11 is 5.34. The van der Waals surface area contributed by atoms with Gasteiger partial charge in [-0.1, -0.05) is 18.2 Å². The second-order valence-electron chi connectivity index (χ2n) is 5.90. The average molecular weight is 368 g/mol. The lowest BCUT2D eigenvalue weighted by molar-refractivity contribution is 0.409. The molecule has 0 unspecified atom stereocenters. The van der Waals surface area contributed by atoms with Crippen molar-refractivity contribution in [3.63, 3.8) is 0 Å². The summed E-state index contributed by atoms with van der Waals surface area (Å²) in [6, 6.07) is 15.0. The highest BCUT2D eigenvalue weighted by Crippen LogP contribution is 2.21. The van der Waals surface area contributed by atoms with Gasteiger partial charge in [-0.2, -0.15) is 0 Å². The number of thiocarbonyl (C=S) groups is 1. The molecule has 2 N–H and O–H groups in total. The van der Waals surface area contributed by atoms with E-state index in [1.54, 1.807) is 13.2 Å². The maximum absolute atomic E-state index is 11.5. The van der Waals surface area contributed by atoms with Gasteiger partial charge in [-0.3, -0.25) is 0 Å². The molecular formula is C20H20N2O3S. The third-order valence-corrected chi connectivity index (χ3v) is 4.33. The van der Waals surface area contributed by atoms with Gasteiger partial charge in [0.25, 0.3) is 0 Å². The van der Waals surface area contributed by atoms with Crippen LogP contribution in [0.25, 0.3) is 11.0 Å². The van der Waals surface area contributed by atoms with Crippen LogP contribution in [0.2, 0.25) is 0 Å². The van der Waals surface area contributed by atoms with Crippen molar-refractivity contribution in [1.82, 2.24) is 5.32 Å². The Bertz CT molecular complexity index is 998. The fourth-order valence-corrected chi connectivity index (χ4v) is 3.02. The molecule has 0 saturated heterocycles. The number of benzene rings is 2. The molecule has 0 fully saturated rings. The Morgan fingerprint density at radius 2 is 2.00 bits per heavy atom. The smallest absolute Gasteiger partial charge is 0.336 e. The van der Waals surface area contributed by atoms with Crippen molar-refractivity contribution in [3.8, 4) is 5.75 Å². The number of nitrogens with one attached hydrogen (secondary N) is 2. The van der Waals surface area contributed by atoms with Crippen LogP contribution in [-0.2, 0) is 6.42 Å². The van der Waals surface area contributed by atoms with Gasteiger partial charge >= 0.3 is 5.63 Å². The predicted molar refractivity (Wildman–Crippen MR) is 108 cm³/mol. The highest BCUT2D eigenvalue weighted by molar-refractivity contribution is 7.80. The van der Waals surface area contributed by atoms with Crippen LogP contribution in [0.15, 0.2) is 57.7 Å². The zero-order valence-corrected chi connectivity index (χ0v) is 15.5. The quantitative estimate of drug-likeness (QED) is 0.530. The summed E-state index contributed by atoms with van der Waals surface area (Å²) in [6.07, 6.45) is 0.789. The molecule has 0 aliphatic rings. The first kappa shape index (κ1) is 17.9. The van der Waals surface area contributed by atoms with E-state index in [1.165, 1.54) is 6.07 Å². The van der Waals surface area contributed by atoms with E-state index in [1.807, 2.05) is 43.3 Å². The lowest BCUT2D eigenvalue weighted by Crippen LogP contribution is -2.30. The molecule has 0 amide bonds. The fourth-order valence-electron chi connectivity index (χ4n) is 2.80. The highest BCUT2D eigenvalue weighted by Gasteiger charge is 2.05. The number of fused-ring (bicyclic) bond motifs is 1. The van der Waals surface area contributed by atoms with Crippen molar-refractivity contribution >= 4 is 34.0 Å². The Morgan fingerprint density at radius 3 is 2.81 bits per heavy atom. The zero-order chi connectivity index (χ0) is 18.5. The highest BCUT2D eigenvalue weighted by atomic mass is 32.1. The summed E-state index contributed by atoms with van der Waals surface area (Å²) in [7, 11) is 1.66. The lowest BCUT2D eigenvalue weighted by Gasteiger charge is -2.12. The van der Waals surface area contributed by atoms with Gasteiger partial charge in [0.15, 0.2) is 5.11 Å². The molecule has 2 aromatic carbocycles. The molecule has 6 heteroatoms. The maximum Gasteiger partial charge on any atom is 0.336 e. The molecule has 5 nitrogen and oxygen atoms in total. The topological polar surface area (TPSA) is 63.5 Å². The molecule has 0 radical (unpaired) electrons. The van der Waals surface area contributed by atoms with E-state index in [2.05, 4.69) is 10.6 Å². The van der Waals surface area contributed by atoms with Crippen molar-refractivity contribution in [2.24, 2.45) is 0 Å². The Labute approximate surface area is 157 Å². The SMILES string of the molecule is COc1ccccc1CCNC(=S)Nc1ccc2c(C)cc(=O)oc2c1. The van der Waals surface area contributed by atoms with Crippen LogP contribution < -0.4 is 21.0 Å². The summed E-state index contributed by atoms with van der Waals surface area (Å²) in [5.41, 5.74) is 2.95. The number of ether oxygens (including phenoxy) is 1. The molecule has 0 saturated carbocycles. The average Bonchev–Trinajstić information content (AvgIpc) is 2.61. The van der Waals surface area contributed by atoms with Crippen molar-refractivity contribution in [2.45, 2.75) is 13.3 Å². The van der Waals surface area contributed by atoms with Gasteiger partial charge in [-0.05, 0) is 54.9 Å². The van der Waals surface area contributed by atoms with Gasteiger partial charge in [-0.25, -0.2) is 4.79 Å².